The van der Waals surface area contributed by atoms with Crippen molar-refractivity contribution < 1.29 is 46.7 Å². The molecule has 6 unspecified atom stereocenters. The summed E-state index contributed by atoms with van der Waals surface area (Å²) in [5.41, 5.74) is -3.31. The normalized spacial score (nSPS) is 17.3. The molecular weight excluding hydrogens is 984 g/mol. The van der Waals surface area contributed by atoms with E-state index in [1.165, 1.54) is 0 Å². The Hall–Kier alpha value is -2.26. The number of ether oxygens (including phenoxy) is 3. The molecule has 11 heteroatoms. The first kappa shape index (κ1) is 74.7. The third kappa shape index (κ3) is 30.4. The van der Waals surface area contributed by atoms with E-state index in [1.54, 1.807) is 20.8 Å². The van der Waals surface area contributed by atoms with Gasteiger partial charge in [0.2, 0.25) is 0 Å². The molecule has 0 N–H and O–H groups in total. The molecular formula is C66H123O10P. The van der Waals surface area contributed by atoms with Crippen LogP contribution in [-0.4, -0.2) is 54.5 Å². The SMILES string of the molecule is C=C(C)C(=O)OCC(CC(CC)CCCC)(CC(CC)CCCC)OP(=O)(OC(COC(=O)C(=C)C)(CC(CC)CCCC)CC(CC)CCCC)OC(COC(=O)C(=C)C)(CC(CC)CCCC)CC(CC)CCCC. The van der Waals surface area contributed by atoms with Gasteiger partial charge in [-0.1, -0.05) is 257 Å². The maximum absolute atomic E-state index is 18.0. The van der Waals surface area contributed by atoms with Gasteiger partial charge in [0.1, 0.15) is 36.6 Å². The van der Waals surface area contributed by atoms with Crippen LogP contribution in [0.2, 0.25) is 0 Å². The van der Waals surface area contributed by atoms with Crippen molar-refractivity contribution in [1.29, 1.82) is 0 Å². The third-order valence-corrected chi connectivity index (χ3v) is 18.4. The highest BCUT2D eigenvalue weighted by Gasteiger charge is 2.55. The van der Waals surface area contributed by atoms with E-state index in [0.717, 1.165) is 154 Å². The maximum Gasteiger partial charge on any atom is 0.476 e. The predicted octanol–water partition coefficient (Wildman–Crippen LogP) is 20.4. The van der Waals surface area contributed by atoms with E-state index < -0.39 is 42.5 Å². The van der Waals surface area contributed by atoms with Crippen molar-refractivity contribution in [1.82, 2.24) is 0 Å². The van der Waals surface area contributed by atoms with Crippen LogP contribution in [0.3, 0.4) is 0 Å². The van der Waals surface area contributed by atoms with Crippen LogP contribution < -0.4 is 0 Å². The van der Waals surface area contributed by atoms with Crippen molar-refractivity contribution in [3.05, 3.63) is 36.5 Å². The summed E-state index contributed by atoms with van der Waals surface area (Å²) in [4.78, 5) is 41.5. The summed E-state index contributed by atoms with van der Waals surface area (Å²) in [6.07, 6.45) is 25.0. The van der Waals surface area contributed by atoms with Crippen molar-refractivity contribution >= 4 is 25.7 Å². The van der Waals surface area contributed by atoms with Gasteiger partial charge in [-0.3, -0.25) is 13.6 Å². The lowest BCUT2D eigenvalue weighted by Crippen LogP contribution is -2.48. The van der Waals surface area contributed by atoms with Crippen LogP contribution in [0.5, 0.6) is 0 Å². The van der Waals surface area contributed by atoms with Gasteiger partial charge < -0.3 is 14.2 Å². The Balaban J connectivity index is 9.78. The zero-order valence-electron chi connectivity index (χ0n) is 52.9. The van der Waals surface area contributed by atoms with Crippen molar-refractivity contribution in [3.63, 3.8) is 0 Å². The minimum atomic E-state index is -5.03. The highest BCUT2D eigenvalue weighted by Crippen LogP contribution is 2.63. The predicted molar refractivity (Wildman–Crippen MR) is 324 cm³/mol. The van der Waals surface area contributed by atoms with Gasteiger partial charge in [0.25, 0.3) is 0 Å². The van der Waals surface area contributed by atoms with Crippen LogP contribution in [0, 0.1) is 35.5 Å². The van der Waals surface area contributed by atoms with Gasteiger partial charge in [-0.25, -0.2) is 18.9 Å². The van der Waals surface area contributed by atoms with Gasteiger partial charge >= 0.3 is 25.7 Å². The average molecular weight is 1110 g/mol. The van der Waals surface area contributed by atoms with E-state index in [4.69, 9.17) is 27.8 Å². The molecule has 0 bridgehead atoms. The molecule has 0 spiro atoms. The lowest BCUT2D eigenvalue weighted by Gasteiger charge is -2.47. The van der Waals surface area contributed by atoms with Crippen molar-refractivity contribution in [2.45, 2.75) is 313 Å². The molecule has 0 aliphatic rings. The Morgan fingerprint density at radius 2 is 0.519 bits per heavy atom. The van der Waals surface area contributed by atoms with Gasteiger partial charge in [-0.05, 0) is 94.8 Å². The Kier molecular flexibility index (Phi) is 40.5. The van der Waals surface area contributed by atoms with E-state index in [1.807, 2.05) is 0 Å². The number of carbonyl (C=O) groups excluding carboxylic acids is 3. The van der Waals surface area contributed by atoms with Gasteiger partial charge in [0.15, 0.2) is 0 Å². The van der Waals surface area contributed by atoms with E-state index in [-0.39, 0.29) is 72.0 Å². The lowest BCUT2D eigenvalue weighted by molar-refractivity contribution is -0.165. The maximum atomic E-state index is 18.0. The second-order valence-corrected chi connectivity index (χ2v) is 25.5. The molecule has 0 aliphatic heterocycles. The second-order valence-electron chi connectivity index (χ2n) is 24.1. The van der Waals surface area contributed by atoms with E-state index >= 15 is 4.57 Å². The number of phosphoric acid groups is 1. The molecule has 0 heterocycles. The van der Waals surface area contributed by atoms with Crippen LogP contribution in [-0.2, 0) is 46.7 Å². The number of carbonyl (C=O) groups is 3. The standard InChI is InChI=1S/C66H123O10P/c1-19-31-37-55(25-7)43-64(49-71-61(67)52(13)14,44-56(26-8)38-32-20-2)74-77(70,75-65(50-72-62(68)53(15)16,45-57(27-9)39-33-21-3)46-58(28-10)40-34-22-4)76-66(51-73-63(69)54(17)18,47-59(29-11)41-35-23-5)48-60(30-12)42-36-24-6/h55-60H,13,15,17,19-51H2,1-12,14,16,18H3. The molecule has 0 saturated carbocycles. The fourth-order valence-electron chi connectivity index (χ4n) is 11.5. The number of rotatable bonds is 51. The summed E-state index contributed by atoms with van der Waals surface area (Å²) in [6.45, 7) is 42.6. The monoisotopic (exact) mass is 1110 g/mol. The number of hydrogen-bond acceptors (Lipinski definition) is 10. The van der Waals surface area contributed by atoms with Gasteiger partial charge in [-0.15, -0.1) is 0 Å². The minimum absolute atomic E-state index is 0.118. The summed E-state index contributed by atoms with van der Waals surface area (Å²) in [6, 6.07) is 0. The number of phosphoric ester groups is 1. The molecule has 10 nitrogen and oxygen atoms in total. The highest BCUT2D eigenvalue weighted by atomic mass is 31.2. The summed E-state index contributed by atoms with van der Waals surface area (Å²) in [5.74, 6) is -0.941. The third-order valence-electron chi connectivity index (χ3n) is 16.6. The smallest absolute Gasteiger partial charge is 0.459 e. The Morgan fingerprint density at radius 1 is 0.351 bits per heavy atom. The number of esters is 3. The molecule has 6 atom stereocenters. The fourth-order valence-corrected chi connectivity index (χ4v) is 13.6. The highest BCUT2D eigenvalue weighted by molar-refractivity contribution is 7.48. The van der Waals surface area contributed by atoms with Crippen LogP contribution in [0.15, 0.2) is 36.5 Å². The van der Waals surface area contributed by atoms with Crippen LogP contribution in [0.25, 0.3) is 0 Å². The number of unbranched alkanes of at least 4 members (excludes halogenated alkanes) is 6. The van der Waals surface area contributed by atoms with Crippen molar-refractivity contribution in [2.75, 3.05) is 19.8 Å². The van der Waals surface area contributed by atoms with E-state index in [2.05, 4.69) is 103 Å². The summed E-state index contributed by atoms with van der Waals surface area (Å²) in [7, 11) is -5.03. The molecule has 0 aromatic carbocycles. The Morgan fingerprint density at radius 3 is 0.649 bits per heavy atom. The molecule has 452 valence electrons. The Bertz CT molecular complexity index is 1440. The molecule has 0 rings (SSSR count). The van der Waals surface area contributed by atoms with Crippen LogP contribution in [0.4, 0.5) is 0 Å². The molecule has 0 aromatic heterocycles. The topological polar surface area (TPSA) is 124 Å². The van der Waals surface area contributed by atoms with Crippen molar-refractivity contribution in [2.24, 2.45) is 35.5 Å². The van der Waals surface area contributed by atoms with Gasteiger partial charge in [0.05, 0.1) is 0 Å². The molecule has 0 fully saturated rings. The molecule has 0 saturated heterocycles. The average Bonchev–Trinajstić information content (AvgIpc) is 3.40. The van der Waals surface area contributed by atoms with E-state index in [9.17, 15) is 14.4 Å². The lowest BCUT2D eigenvalue weighted by atomic mass is 9.79. The summed E-state index contributed by atoms with van der Waals surface area (Å²) in [5, 5.41) is 0. The largest absolute Gasteiger partial charge is 0.476 e. The first-order chi connectivity index (χ1) is 36.6. The zero-order chi connectivity index (χ0) is 58.5. The fraction of sp³-hybridized carbons (Fsp3) is 0.864. The molecule has 0 aliphatic carbocycles. The second kappa shape index (κ2) is 41.7. The van der Waals surface area contributed by atoms with Gasteiger partial charge in [-0.2, -0.15) is 0 Å². The van der Waals surface area contributed by atoms with E-state index in [0.29, 0.717) is 38.5 Å². The quantitative estimate of drug-likeness (QED) is 0.0252. The minimum Gasteiger partial charge on any atom is -0.459 e. The van der Waals surface area contributed by atoms with Crippen LogP contribution >= 0.6 is 7.82 Å². The molecule has 0 amide bonds. The zero-order valence-corrected chi connectivity index (χ0v) is 53.8. The molecule has 0 radical (unpaired) electrons. The number of hydrogen-bond donors (Lipinski definition) is 0. The molecule has 77 heavy (non-hydrogen) atoms. The molecule has 0 aromatic rings. The van der Waals surface area contributed by atoms with Gasteiger partial charge in [0, 0.05) is 16.7 Å². The first-order valence-corrected chi connectivity index (χ1v) is 33.2. The van der Waals surface area contributed by atoms with Crippen LogP contribution in [0.1, 0.15) is 296 Å². The summed E-state index contributed by atoms with van der Waals surface area (Å²) < 4.78 is 60.3. The summed E-state index contributed by atoms with van der Waals surface area (Å²) >= 11 is 0. The first-order valence-electron chi connectivity index (χ1n) is 31.8. The Labute approximate surface area is 475 Å². The van der Waals surface area contributed by atoms with Crippen molar-refractivity contribution in [3.8, 4) is 0 Å².